The fraction of sp³-hybridized carbons (Fsp3) is 0.818. The normalized spacial score (nSPS) is 13.4. The number of hydrogen-bond donors (Lipinski definition) is 1. The lowest BCUT2D eigenvalue weighted by Gasteiger charge is -2.37. The molecular formula is C11H21NO3. The first-order valence-electron chi connectivity index (χ1n) is 5.26. The van der Waals surface area contributed by atoms with E-state index < -0.39 is 17.7 Å². The topological polar surface area (TPSA) is 57.6 Å². The van der Waals surface area contributed by atoms with Gasteiger partial charge in [0.2, 0.25) is 0 Å². The van der Waals surface area contributed by atoms with Crippen molar-refractivity contribution >= 4 is 11.9 Å². The zero-order valence-electron chi connectivity index (χ0n) is 10.2. The molecule has 0 aromatic rings. The van der Waals surface area contributed by atoms with Crippen molar-refractivity contribution in [1.29, 1.82) is 0 Å². The molecule has 0 saturated carbocycles. The number of carboxylic acid groups (broad SMARTS) is 1. The Morgan fingerprint density at radius 1 is 1.33 bits per heavy atom. The molecule has 0 radical (unpaired) electrons. The number of carbonyl (C=O) groups excluding carboxylic acids is 1. The van der Waals surface area contributed by atoms with E-state index in [-0.39, 0.29) is 5.78 Å². The predicted octanol–water partition coefficient (Wildman–Crippen LogP) is 2.52. The van der Waals surface area contributed by atoms with Crippen molar-refractivity contribution in [2.24, 2.45) is 0 Å². The Hall–Kier alpha value is -1.06. The highest BCUT2D eigenvalue weighted by atomic mass is 16.4. The van der Waals surface area contributed by atoms with E-state index in [2.05, 4.69) is 0 Å². The number of nitrogens with zero attached hydrogens (tertiary/aromatic N) is 1. The molecule has 1 N–H and O–H groups in total. The molecule has 0 aliphatic heterocycles. The van der Waals surface area contributed by atoms with Crippen LogP contribution in [0.15, 0.2) is 0 Å². The van der Waals surface area contributed by atoms with Crippen molar-refractivity contribution < 1.29 is 14.7 Å². The molecule has 0 aromatic carbocycles. The second-order valence-electron chi connectivity index (χ2n) is 4.72. The lowest BCUT2D eigenvalue weighted by molar-refractivity contribution is -0.124. The second-order valence-corrected chi connectivity index (χ2v) is 4.72. The maximum atomic E-state index is 11.6. The maximum Gasteiger partial charge on any atom is 0.408 e. The molecule has 0 aromatic heterocycles. The van der Waals surface area contributed by atoms with Crippen molar-refractivity contribution in [3.63, 3.8) is 0 Å². The summed E-state index contributed by atoms with van der Waals surface area (Å²) in [6.07, 6.45) is 0.140. The lowest BCUT2D eigenvalue weighted by atomic mass is 10.0. The molecule has 0 aliphatic rings. The summed E-state index contributed by atoms with van der Waals surface area (Å²) in [6.45, 7) is 8.93. The smallest absolute Gasteiger partial charge is 0.408 e. The molecule has 0 rings (SSSR count). The van der Waals surface area contributed by atoms with Crippen LogP contribution in [0.3, 0.4) is 0 Å². The first kappa shape index (κ1) is 13.9. The van der Waals surface area contributed by atoms with Gasteiger partial charge in [0.05, 0.1) is 6.04 Å². The van der Waals surface area contributed by atoms with Crippen molar-refractivity contribution in [2.75, 3.05) is 0 Å². The molecule has 0 spiro atoms. The molecule has 15 heavy (non-hydrogen) atoms. The minimum Gasteiger partial charge on any atom is -0.465 e. The molecule has 1 unspecified atom stereocenters. The zero-order valence-corrected chi connectivity index (χ0v) is 10.2. The molecule has 4 heteroatoms. The van der Waals surface area contributed by atoms with E-state index in [0.717, 1.165) is 6.42 Å². The summed E-state index contributed by atoms with van der Waals surface area (Å²) >= 11 is 0. The number of ketones is 1. The summed E-state index contributed by atoms with van der Waals surface area (Å²) in [5.74, 6) is -0.0187. The fourth-order valence-electron chi connectivity index (χ4n) is 1.63. The molecule has 1 amide bonds. The Kier molecular flexibility index (Phi) is 4.78. The minimum absolute atomic E-state index is 0.0187. The summed E-state index contributed by atoms with van der Waals surface area (Å²) in [5, 5.41) is 9.07. The molecule has 0 saturated heterocycles. The molecule has 0 fully saturated rings. The standard InChI is InChI=1S/C11H21NO3/c1-6-7-9(13)8(2)12(10(14)15)11(3,4)5/h8H,6-7H2,1-5H3,(H,14,15). The van der Waals surface area contributed by atoms with Crippen molar-refractivity contribution in [3.8, 4) is 0 Å². The third kappa shape index (κ3) is 3.90. The third-order valence-electron chi connectivity index (χ3n) is 2.28. The Labute approximate surface area is 91.3 Å². The van der Waals surface area contributed by atoms with Gasteiger partial charge in [-0.25, -0.2) is 4.79 Å². The maximum absolute atomic E-state index is 11.6. The van der Waals surface area contributed by atoms with Crippen molar-refractivity contribution in [2.45, 2.75) is 59.0 Å². The number of hydrogen-bond acceptors (Lipinski definition) is 2. The van der Waals surface area contributed by atoms with Crippen LogP contribution in [0.5, 0.6) is 0 Å². The van der Waals surface area contributed by atoms with Crippen LogP contribution in [-0.4, -0.2) is 33.5 Å². The highest BCUT2D eigenvalue weighted by molar-refractivity contribution is 5.86. The molecule has 4 nitrogen and oxygen atoms in total. The summed E-state index contributed by atoms with van der Waals surface area (Å²) in [5.41, 5.74) is -0.547. The van der Waals surface area contributed by atoms with Gasteiger partial charge in [-0.15, -0.1) is 0 Å². The minimum atomic E-state index is -1.04. The summed E-state index contributed by atoms with van der Waals surface area (Å²) in [7, 11) is 0. The molecule has 0 heterocycles. The van der Waals surface area contributed by atoms with Crippen LogP contribution in [0.4, 0.5) is 4.79 Å². The van der Waals surface area contributed by atoms with Gasteiger partial charge in [0.15, 0.2) is 5.78 Å². The van der Waals surface area contributed by atoms with Crippen LogP contribution in [0.25, 0.3) is 0 Å². The highest BCUT2D eigenvalue weighted by Crippen LogP contribution is 2.18. The molecule has 0 aliphatic carbocycles. The van der Waals surface area contributed by atoms with E-state index in [9.17, 15) is 9.59 Å². The van der Waals surface area contributed by atoms with Crippen LogP contribution in [0, 0.1) is 0 Å². The van der Waals surface area contributed by atoms with Gasteiger partial charge in [0, 0.05) is 12.0 Å². The number of amides is 1. The Bertz CT molecular complexity index is 243. The first-order chi connectivity index (χ1) is 6.71. The monoisotopic (exact) mass is 215 g/mol. The van der Waals surface area contributed by atoms with Gasteiger partial charge in [-0.3, -0.25) is 9.69 Å². The van der Waals surface area contributed by atoms with E-state index in [1.807, 2.05) is 6.92 Å². The van der Waals surface area contributed by atoms with Crippen LogP contribution in [-0.2, 0) is 4.79 Å². The second kappa shape index (κ2) is 5.14. The van der Waals surface area contributed by atoms with Gasteiger partial charge in [-0.2, -0.15) is 0 Å². The first-order valence-corrected chi connectivity index (χ1v) is 5.26. The van der Waals surface area contributed by atoms with E-state index in [4.69, 9.17) is 5.11 Å². The molecule has 1 atom stereocenters. The zero-order chi connectivity index (χ0) is 12.2. The van der Waals surface area contributed by atoms with Gasteiger partial charge in [-0.1, -0.05) is 6.92 Å². The average molecular weight is 215 g/mol. The van der Waals surface area contributed by atoms with Gasteiger partial charge >= 0.3 is 6.09 Å². The van der Waals surface area contributed by atoms with Gasteiger partial charge in [0.25, 0.3) is 0 Å². The highest BCUT2D eigenvalue weighted by Gasteiger charge is 2.33. The van der Waals surface area contributed by atoms with Crippen molar-refractivity contribution in [1.82, 2.24) is 4.90 Å². The number of carbonyl (C=O) groups is 2. The van der Waals surface area contributed by atoms with Crippen LogP contribution in [0.2, 0.25) is 0 Å². The average Bonchev–Trinajstić information content (AvgIpc) is 2.00. The Morgan fingerprint density at radius 3 is 2.07 bits per heavy atom. The number of Topliss-reactive ketones (excluding diaryl/α,β-unsaturated/α-hetero) is 1. The molecular weight excluding hydrogens is 194 g/mol. The fourth-order valence-corrected chi connectivity index (χ4v) is 1.63. The van der Waals surface area contributed by atoms with Crippen LogP contribution < -0.4 is 0 Å². The summed E-state index contributed by atoms with van der Waals surface area (Å²) in [6, 6.07) is -0.567. The van der Waals surface area contributed by atoms with E-state index in [1.54, 1.807) is 27.7 Å². The van der Waals surface area contributed by atoms with E-state index in [1.165, 1.54) is 4.90 Å². The van der Waals surface area contributed by atoms with Gasteiger partial charge in [0.1, 0.15) is 0 Å². The Morgan fingerprint density at radius 2 is 1.80 bits per heavy atom. The molecule has 88 valence electrons. The third-order valence-corrected chi connectivity index (χ3v) is 2.28. The van der Waals surface area contributed by atoms with Crippen molar-refractivity contribution in [3.05, 3.63) is 0 Å². The van der Waals surface area contributed by atoms with Crippen LogP contribution in [0.1, 0.15) is 47.5 Å². The predicted molar refractivity (Wildman–Crippen MR) is 59.0 cm³/mol. The summed E-state index contributed by atoms with van der Waals surface area (Å²) < 4.78 is 0. The number of rotatable bonds is 4. The quantitative estimate of drug-likeness (QED) is 0.784. The largest absolute Gasteiger partial charge is 0.465 e. The SMILES string of the molecule is CCCC(=O)C(C)N(C(=O)O)C(C)(C)C. The Balaban J connectivity index is 4.79. The van der Waals surface area contributed by atoms with Gasteiger partial charge < -0.3 is 5.11 Å². The van der Waals surface area contributed by atoms with Gasteiger partial charge in [-0.05, 0) is 34.1 Å². The van der Waals surface area contributed by atoms with E-state index in [0.29, 0.717) is 6.42 Å². The van der Waals surface area contributed by atoms with E-state index >= 15 is 0 Å². The van der Waals surface area contributed by atoms with Crippen LogP contribution >= 0.6 is 0 Å². The lowest BCUT2D eigenvalue weighted by Crippen LogP contribution is -2.52. The summed E-state index contributed by atoms with van der Waals surface area (Å²) in [4.78, 5) is 23.9. The molecule has 0 bridgehead atoms.